The molecule has 2 heterocycles. The predicted octanol–water partition coefficient (Wildman–Crippen LogP) is -0.0393. The first-order chi connectivity index (χ1) is 10.7. The average molecular weight is 309 g/mol. The molecule has 0 radical (unpaired) electrons. The number of hydrogen-bond acceptors (Lipinski definition) is 6. The highest BCUT2D eigenvalue weighted by Gasteiger charge is 2.47. The number of benzene rings is 1. The summed E-state index contributed by atoms with van der Waals surface area (Å²) in [6.45, 7) is 0.523. The summed E-state index contributed by atoms with van der Waals surface area (Å²) in [6, 6.07) is 4.83. The third-order valence-electron chi connectivity index (χ3n) is 4.00. The fourth-order valence-electron chi connectivity index (χ4n) is 2.92. The maximum absolute atomic E-state index is 12.6. The molecule has 2 saturated heterocycles. The number of carbonyl (C=O) groups is 1. The van der Waals surface area contributed by atoms with Gasteiger partial charge in [0.1, 0.15) is 35.4 Å². The van der Waals surface area contributed by atoms with Gasteiger partial charge >= 0.3 is 0 Å². The Morgan fingerprint density at radius 2 is 1.82 bits per heavy atom. The molecule has 0 saturated carbocycles. The molecule has 120 valence electrons. The highest BCUT2D eigenvalue weighted by Crippen LogP contribution is 2.30. The van der Waals surface area contributed by atoms with Gasteiger partial charge in [0.25, 0.3) is 5.91 Å². The summed E-state index contributed by atoms with van der Waals surface area (Å²) >= 11 is 0. The van der Waals surface area contributed by atoms with Crippen LogP contribution in [0.3, 0.4) is 0 Å². The van der Waals surface area contributed by atoms with Crippen LogP contribution in [0.1, 0.15) is 10.4 Å². The summed E-state index contributed by atoms with van der Waals surface area (Å²) in [6.07, 6.45) is -1.36. The van der Waals surface area contributed by atoms with Crippen molar-refractivity contribution in [2.75, 3.05) is 27.4 Å². The lowest BCUT2D eigenvalue weighted by Gasteiger charge is -2.19. The zero-order valence-electron chi connectivity index (χ0n) is 12.4. The molecule has 7 nitrogen and oxygen atoms in total. The Labute approximate surface area is 128 Å². The average Bonchev–Trinajstić information content (AvgIpc) is 3.10. The van der Waals surface area contributed by atoms with Crippen molar-refractivity contribution in [2.45, 2.75) is 24.4 Å². The normalized spacial score (nSPS) is 30.0. The number of carbonyl (C=O) groups excluding carboxylic acids is 1. The zero-order chi connectivity index (χ0) is 15.7. The molecule has 0 spiro atoms. The molecule has 1 amide bonds. The van der Waals surface area contributed by atoms with E-state index in [2.05, 4.69) is 5.32 Å². The monoisotopic (exact) mass is 309 g/mol. The molecule has 0 unspecified atom stereocenters. The third kappa shape index (κ3) is 2.51. The van der Waals surface area contributed by atoms with Crippen LogP contribution in [0.25, 0.3) is 0 Å². The topological polar surface area (TPSA) is 86.3 Å². The second-order valence-corrected chi connectivity index (χ2v) is 5.28. The summed E-state index contributed by atoms with van der Waals surface area (Å²) in [5, 5.41) is 12.6. The van der Waals surface area contributed by atoms with Gasteiger partial charge in [-0.3, -0.25) is 4.79 Å². The number of hydrogen-bond donors (Lipinski definition) is 2. The molecule has 1 aromatic carbocycles. The molecule has 0 aliphatic carbocycles. The van der Waals surface area contributed by atoms with Gasteiger partial charge in [0.05, 0.1) is 33.5 Å². The van der Waals surface area contributed by atoms with Gasteiger partial charge in [-0.1, -0.05) is 6.07 Å². The molecule has 0 aromatic heterocycles. The Morgan fingerprint density at radius 3 is 2.45 bits per heavy atom. The Balaban J connectivity index is 1.78. The highest BCUT2D eigenvalue weighted by atomic mass is 16.6. The largest absolute Gasteiger partial charge is 0.496 e. The van der Waals surface area contributed by atoms with Crippen LogP contribution in [0, 0.1) is 0 Å². The number of rotatable bonds is 4. The van der Waals surface area contributed by atoms with Gasteiger partial charge in [0.2, 0.25) is 0 Å². The SMILES string of the molecule is COc1cccc(OC)c1C(=O)N[C@@H]1CO[C@H]2[C@@H]1OC[C@H]2O. The van der Waals surface area contributed by atoms with E-state index in [9.17, 15) is 9.90 Å². The van der Waals surface area contributed by atoms with Crippen molar-refractivity contribution in [3.63, 3.8) is 0 Å². The summed E-state index contributed by atoms with van der Waals surface area (Å²) < 4.78 is 21.5. The standard InChI is InChI=1S/C15H19NO6/c1-19-10-4-3-5-11(20-2)12(10)15(18)16-8-6-21-14-9(17)7-22-13(8)14/h3-5,8-9,13-14,17H,6-7H2,1-2H3,(H,16,18)/t8-,9-,13-,14-/m1/s1. The van der Waals surface area contributed by atoms with Crippen LogP contribution in [0.4, 0.5) is 0 Å². The van der Waals surface area contributed by atoms with Crippen molar-refractivity contribution in [2.24, 2.45) is 0 Å². The molecular weight excluding hydrogens is 290 g/mol. The lowest BCUT2D eigenvalue weighted by atomic mass is 10.1. The first-order valence-corrected chi connectivity index (χ1v) is 7.09. The second kappa shape index (κ2) is 6.12. The van der Waals surface area contributed by atoms with Gasteiger partial charge in [-0.2, -0.15) is 0 Å². The molecular formula is C15H19NO6. The number of nitrogens with one attached hydrogen (secondary N) is 1. The van der Waals surface area contributed by atoms with E-state index in [-0.39, 0.29) is 30.8 Å². The Hall–Kier alpha value is -1.83. The maximum Gasteiger partial charge on any atom is 0.259 e. The number of aliphatic hydroxyl groups is 1. The van der Waals surface area contributed by atoms with E-state index in [0.29, 0.717) is 23.7 Å². The van der Waals surface area contributed by atoms with E-state index in [4.69, 9.17) is 18.9 Å². The van der Waals surface area contributed by atoms with Gasteiger partial charge in [-0.15, -0.1) is 0 Å². The van der Waals surface area contributed by atoms with Gasteiger partial charge < -0.3 is 29.4 Å². The first-order valence-electron chi connectivity index (χ1n) is 7.09. The van der Waals surface area contributed by atoms with Gasteiger partial charge in [-0.05, 0) is 12.1 Å². The van der Waals surface area contributed by atoms with E-state index in [1.54, 1.807) is 18.2 Å². The van der Waals surface area contributed by atoms with Crippen molar-refractivity contribution in [1.29, 1.82) is 0 Å². The minimum Gasteiger partial charge on any atom is -0.496 e. The molecule has 0 bridgehead atoms. The molecule has 4 atom stereocenters. The maximum atomic E-state index is 12.6. The van der Waals surface area contributed by atoms with Gasteiger partial charge in [-0.25, -0.2) is 0 Å². The van der Waals surface area contributed by atoms with E-state index < -0.39 is 6.10 Å². The highest BCUT2D eigenvalue weighted by molar-refractivity contribution is 6.00. The van der Waals surface area contributed by atoms with Crippen LogP contribution in [-0.2, 0) is 9.47 Å². The molecule has 1 aromatic rings. The lowest BCUT2D eigenvalue weighted by molar-refractivity contribution is 0.0178. The fourth-order valence-corrected chi connectivity index (χ4v) is 2.92. The van der Waals surface area contributed by atoms with Crippen molar-refractivity contribution in [3.8, 4) is 11.5 Å². The predicted molar refractivity (Wildman–Crippen MR) is 76.3 cm³/mol. The second-order valence-electron chi connectivity index (χ2n) is 5.28. The van der Waals surface area contributed by atoms with Crippen LogP contribution in [0.5, 0.6) is 11.5 Å². The molecule has 2 fully saturated rings. The molecule has 7 heteroatoms. The summed E-state index contributed by atoms with van der Waals surface area (Å²) in [4.78, 5) is 12.6. The van der Waals surface area contributed by atoms with Crippen molar-refractivity contribution in [3.05, 3.63) is 23.8 Å². The molecule has 22 heavy (non-hydrogen) atoms. The third-order valence-corrected chi connectivity index (χ3v) is 4.00. The number of fused-ring (bicyclic) bond motifs is 1. The smallest absolute Gasteiger partial charge is 0.259 e. The van der Waals surface area contributed by atoms with Crippen LogP contribution in [-0.4, -0.2) is 62.8 Å². The Kier molecular flexibility index (Phi) is 4.19. The number of methoxy groups -OCH3 is 2. The number of ether oxygens (including phenoxy) is 4. The van der Waals surface area contributed by atoms with Crippen LogP contribution in [0.2, 0.25) is 0 Å². The minimum absolute atomic E-state index is 0.222. The van der Waals surface area contributed by atoms with Gasteiger partial charge in [0, 0.05) is 0 Å². The van der Waals surface area contributed by atoms with E-state index in [1.165, 1.54) is 14.2 Å². The van der Waals surface area contributed by atoms with Crippen molar-refractivity contribution in [1.82, 2.24) is 5.32 Å². The van der Waals surface area contributed by atoms with Crippen molar-refractivity contribution < 1.29 is 28.8 Å². The summed E-state index contributed by atoms with van der Waals surface area (Å²) in [7, 11) is 2.99. The van der Waals surface area contributed by atoms with Crippen LogP contribution in [0.15, 0.2) is 18.2 Å². The Bertz CT molecular complexity index is 541. The number of aliphatic hydroxyl groups excluding tert-OH is 1. The van der Waals surface area contributed by atoms with E-state index in [0.717, 1.165) is 0 Å². The molecule has 2 aliphatic rings. The number of amides is 1. The van der Waals surface area contributed by atoms with Gasteiger partial charge in [0.15, 0.2) is 0 Å². The first kappa shape index (κ1) is 15.1. The lowest BCUT2D eigenvalue weighted by Crippen LogP contribution is -2.44. The molecule has 2 aliphatic heterocycles. The fraction of sp³-hybridized carbons (Fsp3) is 0.533. The molecule has 2 N–H and O–H groups in total. The van der Waals surface area contributed by atoms with E-state index >= 15 is 0 Å². The quantitative estimate of drug-likeness (QED) is 0.812. The molecule has 3 rings (SSSR count). The Morgan fingerprint density at radius 1 is 1.18 bits per heavy atom. The zero-order valence-corrected chi connectivity index (χ0v) is 12.4. The van der Waals surface area contributed by atoms with Crippen molar-refractivity contribution >= 4 is 5.91 Å². The summed E-state index contributed by atoms with van der Waals surface area (Å²) in [5.74, 6) is 0.535. The minimum atomic E-state index is -0.646. The summed E-state index contributed by atoms with van der Waals surface area (Å²) in [5.41, 5.74) is 0.328. The van der Waals surface area contributed by atoms with Crippen LogP contribution < -0.4 is 14.8 Å². The van der Waals surface area contributed by atoms with E-state index in [1.807, 2.05) is 0 Å². The van der Waals surface area contributed by atoms with Crippen LogP contribution >= 0.6 is 0 Å².